The molecule has 17 heavy (non-hydrogen) atoms. The Morgan fingerprint density at radius 3 is 2.65 bits per heavy atom. The summed E-state index contributed by atoms with van der Waals surface area (Å²) in [6.45, 7) is 4.39. The summed E-state index contributed by atoms with van der Waals surface area (Å²) >= 11 is 3.64. The zero-order valence-electron chi connectivity index (χ0n) is 10.7. The Hall–Kier alpha value is -0.570. The number of hydrogen-bond acceptors (Lipinski definition) is 1. The Balaban J connectivity index is 2.57. The van der Waals surface area contributed by atoms with E-state index in [-0.39, 0.29) is 5.82 Å². The molecule has 96 valence electrons. The summed E-state index contributed by atoms with van der Waals surface area (Å²) in [5.41, 5.74) is 0.734. The molecule has 0 N–H and O–H groups in total. The van der Waals surface area contributed by atoms with Crippen LogP contribution in [-0.2, 0) is 6.42 Å². The van der Waals surface area contributed by atoms with Crippen molar-refractivity contribution in [3.05, 3.63) is 29.6 Å². The second-order valence-electron chi connectivity index (χ2n) is 4.70. The minimum atomic E-state index is -0.223. The molecule has 1 atom stereocenters. The second kappa shape index (κ2) is 7.00. The van der Waals surface area contributed by atoms with Gasteiger partial charge in [-0.05, 0) is 36.8 Å². The number of rotatable bonds is 6. The summed E-state index contributed by atoms with van der Waals surface area (Å²) in [5, 5.41) is 0. The molecule has 0 bridgehead atoms. The summed E-state index contributed by atoms with van der Waals surface area (Å²) in [7, 11) is 1.49. The van der Waals surface area contributed by atoms with E-state index >= 15 is 0 Å². The van der Waals surface area contributed by atoms with Crippen molar-refractivity contribution in [2.24, 2.45) is 5.92 Å². The molecule has 0 radical (unpaired) electrons. The van der Waals surface area contributed by atoms with Crippen molar-refractivity contribution in [3.8, 4) is 5.75 Å². The Bertz CT molecular complexity index is 352. The monoisotopic (exact) mass is 302 g/mol. The van der Waals surface area contributed by atoms with Gasteiger partial charge in [0.05, 0.1) is 7.11 Å². The molecule has 3 heteroatoms. The first-order valence-corrected chi connectivity index (χ1v) is 6.91. The number of methoxy groups -OCH3 is 1. The van der Waals surface area contributed by atoms with E-state index in [2.05, 4.69) is 29.8 Å². The molecule has 0 amide bonds. The lowest BCUT2D eigenvalue weighted by Gasteiger charge is -2.13. The highest BCUT2D eigenvalue weighted by Crippen LogP contribution is 2.24. The lowest BCUT2D eigenvalue weighted by atomic mass is 10.0. The normalized spacial score (nSPS) is 12.8. The zero-order valence-corrected chi connectivity index (χ0v) is 12.3. The van der Waals surface area contributed by atoms with Crippen LogP contribution in [0, 0.1) is 11.7 Å². The smallest absolute Gasteiger partial charge is 0.168 e. The standard InChI is InChI=1S/C14H20BrFO/c1-10(2)9-12(15)8-7-11-5-4-6-13(17-3)14(11)16/h4-6,10,12H,7-9H2,1-3H3. The average Bonchev–Trinajstić information content (AvgIpc) is 2.27. The first kappa shape index (κ1) is 14.5. The van der Waals surface area contributed by atoms with Crippen LogP contribution in [0.5, 0.6) is 5.75 Å². The maximum Gasteiger partial charge on any atom is 0.168 e. The average molecular weight is 303 g/mol. The minimum absolute atomic E-state index is 0.223. The van der Waals surface area contributed by atoms with Crippen molar-refractivity contribution in [2.45, 2.75) is 37.9 Å². The van der Waals surface area contributed by atoms with Crippen LogP contribution in [0.15, 0.2) is 18.2 Å². The van der Waals surface area contributed by atoms with Gasteiger partial charge in [0.25, 0.3) is 0 Å². The van der Waals surface area contributed by atoms with E-state index in [1.165, 1.54) is 7.11 Å². The van der Waals surface area contributed by atoms with E-state index in [4.69, 9.17) is 4.74 Å². The molecule has 0 saturated carbocycles. The molecule has 0 aliphatic carbocycles. The summed E-state index contributed by atoms with van der Waals surface area (Å²) in [5.74, 6) is 0.770. The van der Waals surface area contributed by atoms with E-state index in [1.807, 2.05) is 12.1 Å². The van der Waals surface area contributed by atoms with Crippen molar-refractivity contribution in [1.29, 1.82) is 0 Å². The van der Waals surface area contributed by atoms with Crippen molar-refractivity contribution in [2.75, 3.05) is 7.11 Å². The molecule has 0 aliphatic rings. The predicted octanol–water partition coefficient (Wildman–Crippen LogP) is 4.58. The van der Waals surface area contributed by atoms with E-state index < -0.39 is 0 Å². The zero-order chi connectivity index (χ0) is 12.8. The van der Waals surface area contributed by atoms with Crippen LogP contribution in [0.2, 0.25) is 0 Å². The fourth-order valence-corrected chi connectivity index (χ4v) is 2.83. The van der Waals surface area contributed by atoms with Crippen LogP contribution in [0.25, 0.3) is 0 Å². The Morgan fingerprint density at radius 2 is 2.06 bits per heavy atom. The van der Waals surface area contributed by atoms with Gasteiger partial charge >= 0.3 is 0 Å². The molecule has 0 heterocycles. The third-order valence-electron chi connectivity index (χ3n) is 2.72. The first-order chi connectivity index (χ1) is 8.04. The Morgan fingerprint density at radius 1 is 1.35 bits per heavy atom. The van der Waals surface area contributed by atoms with Crippen LogP contribution < -0.4 is 4.74 Å². The number of halogens is 2. The van der Waals surface area contributed by atoms with Crippen LogP contribution >= 0.6 is 15.9 Å². The van der Waals surface area contributed by atoms with Crippen molar-refractivity contribution < 1.29 is 9.13 Å². The molecule has 0 fully saturated rings. The van der Waals surface area contributed by atoms with Gasteiger partial charge in [0, 0.05) is 4.83 Å². The van der Waals surface area contributed by atoms with Gasteiger partial charge in [-0.3, -0.25) is 0 Å². The summed E-state index contributed by atoms with van der Waals surface area (Å²) in [4.78, 5) is 0.452. The number of hydrogen-bond donors (Lipinski definition) is 0. The van der Waals surface area contributed by atoms with Crippen LogP contribution in [-0.4, -0.2) is 11.9 Å². The lowest BCUT2D eigenvalue weighted by Crippen LogP contribution is -2.05. The van der Waals surface area contributed by atoms with Crippen LogP contribution in [0.1, 0.15) is 32.3 Å². The van der Waals surface area contributed by atoms with E-state index in [0.29, 0.717) is 16.5 Å². The maximum atomic E-state index is 13.8. The molecule has 1 rings (SSSR count). The van der Waals surface area contributed by atoms with Crippen LogP contribution in [0.4, 0.5) is 4.39 Å². The van der Waals surface area contributed by atoms with E-state index in [1.54, 1.807) is 6.07 Å². The van der Waals surface area contributed by atoms with Crippen LogP contribution in [0.3, 0.4) is 0 Å². The number of aryl methyl sites for hydroxylation is 1. The number of alkyl halides is 1. The molecular formula is C14H20BrFO. The topological polar surface area (TPSA) is 9.23 Å². The second-order valence-corrected chi connectivity index (χ2v) is 5.99. The molecule has 1 unspecified atom stereocenters. The number of benzene rings is 1. The highest BCUT2D eigenvalue weighted by atomic mass is 79.9. The fraction of sp³-hybridized carbons (Fsp3) is 0.571. The molecule has 1 aromatic rings. The third-order valence-corrected chi connectivity index (χ3v) is 3.55. The molecule has 1 nitrogen and oxygen atoms in total. The number of ether oxygens (including phenoxy) is 1. The lowest BCUT2D eigenvalue weighted by molar-refractivity contribution is 0.383. The van der Waals surface area contributed by atoms with Gasteiger partial charge in [-0.25, -0.2) is 4.39 Å². The van der Waals surface area contributed by atoms with Gasteiger partial charge in [-0.2, -0.15) is 0 Å². The maximum absolute atomic E-state index is 13.8. The molecule has 1 aromatic carbocycles. The first-order valence-electron chi connectivity index (χ1n) is 6.00. The van der Waals surface area contributed by atoms with Gasteiger partial charge in [0.1, 0.15) is 0 Å². The van der Waals surface area contributed by atoms with E-state index in [0.717, 1.165) is 24.8 Å². The molecule has 0 saturated heterocycles. The highest BCUT2D eigenvalue weighted by molar-refractivity contribution is 9.09. The summed E-state index contributed by atoms with van der Waals surface area (Å²) in [6.07, 6.45) is 2.81. The van der Waals surface area contributed by atoms with Gasteiger partial charge < -0.3 is 4.74 Å². The van der Waals surface area contributed by atoms with Crippen molar-refractivity contribution >= 4 is 15.9 Å². The fourth-order valence-electron chi connectivity index (χ4n) is 1.85. The summed E-state index contributed by atoms with van der Waals surface area (Å²) < 4.78 is 18.8. The van der Waals surface area contributed by atoms with Crippen molar-refractivity contribution in [1.82, 2.24) is 0 Å². The predicted molar refractivity (Wildman–Crippen MR) is 73.4 cm³/mol. The molecular weight excluding hydrogens is 283 g/mol. The molecule has 0 aliphatic heterocycles. The highest BCUT2D eigenvalue weighted by Gasteiger charge is 2.11. The molecule has 0 spiro atoms. The van der Waals surface area contributed by atoms with Gasteiger partial charge in [0.2, 0.25) is 0 Å². The largest absolute Gasteiger partial charge is 0.494 e. The van der Waals surface area contributed by atoms with E-state index in [9.17, 15) is 4.39 Å². The Kier molecular flexibility index (Phi) is 5.96. The van der Waals surface area contributed by atoms with Crippen molar-refractivity contribution in [3.63, 3.8) is 0 Å². The Labute approximate surface area is 111 Å². The summed E-state index contributed by atoms with van der Waals surface area (Å²) in [6, 6.07) is 5.31. The van der Waals surface area contributed by atoms with Gasteiger partial charge in [-0.15, -0.1) is 0 Å². The quantitative estimate of drug-likeness (QED) is 0.699. The minimum Gasteiger partial charge on any atom is -0.494 e. The SMILES string of the molecule is COc1cccc(CCC(Br)CC(C)C)c1F. The molecule has 0 aromatic heterocycles. The third kappa shape index (κ3) is 4.66. The van der Waals surface area contributed by atoms with Gasteiger partial charge in [-0.1, -0.05) is 41.9 Å². The van der Waals surface area contributed by atoms with Gasteiger partial charge in [0.15, 0.2) is 11.6 Å².